The number of nitrogens with one attached hydrogen (secondary N) is 1. The van der Waals surface area contributed by atoms with Gasteiger partial charge in [-0.25, -0.2) is 13.1 Å². The Balaban J connectivity index is 1.72. The minimum atomic E-state index is -4.07. The summed E-state index contributed by atoms with van der Waals surface area (Å²) in [6, 6.07) is 12.8. The van der Waals surface area contributed by atoms with Gasteiger partial charge in [-0.05, 0) is 29.3 Å². The highest BCUT2D eigenvalue weighted by atomic mass is 32.2. The highest BCUT2D eigenvalue weighted by Crippen LogP contribution is 2.28. The van der Waals surface area contributed by atoms with Gasteiger partial charge in [0.2, 0.25) is 10.0 Å². The van der Waals surface area contributed by atoms with Gasteiger partial charge in [-0.3, -0.25) is 14.8 Å². The second kappa shape index (κ2) is 8.19. The maximum absolute atomic E-state index is 12.5. The summed E-state index contributed by atoms with van der Waals surface area (Å²) in [7, 11) is -2.72. The van der Waals surface area contributed by atoms with E-state index in [-0.39, 0.29) is 12.3 Å². The summed E-state index contributed by atoms with van der Waals surface area (Å²) in [5, 5.41) is 15.4. The number of methoxy groups -OCH3 is 1. The third kappa shape index (κ3) is 4.53. The van der Waals surface area contributed by atoms with Crippen LogP contribution in [0.15, 0.2) is 65.8 Å². The third-order valence-corrected chi connectivity index (χ3v) is 5.49. The van der Waals surface area contributed by atoms with Crippen molar-refractivity contribution in [1.82, 2.24) is 14.5 Å². The second-order valence-corrected chi connectivity index (χ2v) is 7.67. The molecule has 2 aromatic carbocycles. The van der Waals surface area contributed by atoms with E-state index in [0.29, 0.717) is 6.54 Å². The molecule has 9 nitrogen and oxygen atoms in total. The summed E-state index contributed by atoms with van der Waals surface area (Å²) < 4.78 is 34.2. The number of nitrogens with zero attached hydrogens (tertiary/aromatic N) is 3. The molecular weight excluding hydrogens is 384 g/mol. The average Bonchev–Trinajstić information content (AvgIpc) is 3.20. The van der Waals surface area contributed by atoms with Crippen LogP contribution in [0, 0.1) is 10.1 Å². The zero-order valence-corrected chi connectivity index (χ0v) is 15.8. The van der Waals surface area contributed by atoms with Crippen molar-refractivity contribution < 1.29 is 18.1 Å². The van der Waals surface area contributed by atoms with Gasteiger partial charge in [-0.1, -0.05) is 24.3 Å². The maximum Gasteiger partial charge on any atom is 0.293 e. The van der Waals surface area contributed by atoms with E-state index in [4.69, 9.17) is 4.74 Å². The Morgan fingerprint density at radius 2 is 1.89 bits per heavy atom. The van der Waals surface area contributed by atoms with Crippen molar-refractivity contribution in [1.29, 1.82) is 0 Å². The topological polar surface area (TPSA) is 116 Å². The third-order valence-electron chi connectivity index (χ3n) is 4.05. The second-order valence-electron chi connectivity index (χ2n) is 5.94. The summed E-state index contributed by atoms with van der Waals surface area (Å²) in [5.74, 6) is 0.207. The van der Waals surface area contributed by atoms with Crippen LogP contribution in [0.4, 0.5) is 5.69 Å². The smallest absolute Gasteiger partial charge is 0.293 e. The fourth-order valence-corrected chi connectivity index (χ4v) is 3.76. The summed E-state index contributed by atoms with van der Waals surface area (Å²) in [5.41, 5.74) is 1.20. The molecule has 0 radical (unpaired) electrons. The highest BCUT2D eigenvalue weighted by molar-refractivity contribution is 7.89. The lowest BCUT2D eigenvalue weighted by Gasteiger charge is -2.09. The van der Waals surface area contributed by atoms with Crippen molar-refractivity contribution in [2.75, 3.05) is 7.11 Å². The summed E-state index contributed by atoms with van der Waals surface area (Å²) in [6.45, 7) is 0.616. The number of aromatic nitrogens is 2. The first-order chi connectivity index (χ1) is 13.4. The van der Waals surface area contributed by atoms with Gasteiger partial charge in [-0.15, -0.1) is 0 Å². The van der Waals surface area contributed by atoms with E-state index in [1.54, 1.807) is 23.0 Å². The van der Waals surface area contributed by atoms with E-state index < -0.39 is 25.5 Å². The predicted molar refractivity (Wildman–Crippen MR) is 101 cm³/mol. The molecule has 3 aromatic rings. The predicted octanol–water partition coefficient (Wildman–Crippen LogP) is 2.33. The largest absolute Gasteiger partial charge is 0.497 e. The molecule has 3 rings (SSSR count). The van der Waals surface area contributed by atoms with Gasteiger partial charge in [0.15, 0.2) is 4.90 Å². The van der Waals surface area contributed by atoms with Crippen LogP contribution in [0.2, 0.25) is 0 Å². The Labute approximate surface area is 161 Å². The first-order valence-electron chi connectivity index (χ1n) is 8.26. The van der Waals surface area contributed by atoms with Gasteiger partial charge < -0.3 is 4.74 Å². The Morgan fingerprint density at radius 3 is 2.50 bits per heavy atom. The molecule has 0 atom stereocenters. The van der Waals surface area contributed by atoms with Crippen molar-refractivity contribution >= 4 is 15.7 Å². The molecule has 1 N–H and O–H groups in total. The van der Waals surface area contributed by atoms with E-state index in [1.807, 2.05) is 24.4 Å². The molecule has 1 aromatic heterocycles. The normalized spacial score (nSPS) is 11.3. The lowest BCUT2D eigenvalue weighted by Crippen LogP contribution is -2.24. The molecule has 0 aliphatic heterocycles. The Bertz CT molecular complexity index is 1060. The lowest BCUT2D eigenvalue weighted by atomic mass is 10.1. The minimum absolute atomic E-state index is 0.00751. The highest BCUT2D eigenvalue weighted by Gasteiger charge is 2.26. The van der Waals surface area contributed by atoms with Crippen molar-refractivity contribution in [3.05, 3.63) is 82.2 Å². The molecule has 0 saturated carbocycles. The lowest BCUT2D eigenvalue weighted by molar-refractivity contribution is -0.387. The number of benzene rings is 2. The molecule has 28 heavy (non-hydrogen) atoms. The molecule has 146 valence electrons. The van der Waals surface area contributed by atoms with Crippen molar-refractivity contribution in [2.24, 2.45) is 0 Å². The standard InChI is InChI=1S/C18H18N4O5S/c1-27-16-7-8-18(17(11-16)22(23)24)28(25,26)20-12-14-3-5-15(6-4-14)13-21-10-2-9-19-21/h2-11,20H,12-13H2,1H3. The van der Waals surface area contributed by atoms with Crippen LogP contribution in [0.3, 0.4) is 0 Å². The van der Waals surface area contributed by atoms with E-state index in [9.17, 15) is 18.5 Å². The van der Waals surface area contributed by atoms with Gasteiger partial charge in [0.05, 0.1) is 24.6 Å². The van der Waals surface area contributed by atoms with Crippen LogP contribution in [0.5, 0.6) is 5.75 Å². The first kappa shape index (κ1) is 19.5. The van der Waals surface area contributed by atoms with Crippen LogP contribution >= 0.6 is 0 Å². The van der Waals surface area contributed by atoms with E-state index in [0.717, 1.165) is 23.3 Å². The molecule has 0 spiro atoms. The van der Waals surface area contributed by atoms with Crippen molar-refractivity contribution in [3.8, 4) is 5.75 Å². The molecule has 0 fully saturated rings. The minimum Gasteiger partial charge on any atom is -0.497 e. The monoisotopic (exact) mass is 402 g/mol. The SMILES string of the molecule is COc1ccc(S(=O)(=O)NCc2ccc(Cn3cccn3)cc2)c([N+](=O)[O-])c1. The van der Waals surface area contributed by atoms with E-state index in [2.05, 4.69) is 9.82 Å². The average molecular weight is 402 g/mol. The fourth-order valence-electron chi connectivity index (χ4n) is 2.59. The Hall–Kier alpha value is -3.24. The molecule has 1 heterocycles. The quantitative estimate of drug-likeness (QED) is 0.457. The van der Waals surface area contributed by atoms with Crippen molar-refractivity contribution in [3.63, 3.8) is 0 Å². The molecule has 0 unspecified atom stereocenters. The zero-order valence-electron chi connectivity index (χ0n) is 15.0. The number of rotatable bonds is 8. The molecule has 0 bridgehead atoms. The molecule has 10 heteroatoms. The van der Waals surface area contributed by atoms with Gasteiger partial charge in [-0.2, -0.15) is 5.10 Å². The van der Waals surface area contributed by atoms with Crippen LogP contribution in [0.25, 0.3) is 0 Å². The molecule has 0 amide bonds. The van der Waals surface area contributed by atoms with E-state index in [1.165, 1.54) is 13.2 Å². The molecule has 0 saturated heterocycles. The first-order valence-corrected chi connectivity index (χ1v) is 9.75. The van der Waals surface area contributed by atoms with Crippen LogP contribution in [-0.4, -0.2) is 30.2 Å². The molecule has 0 aliphatic carbocycles. The number of hydrogen-bond acceptors (Lipinski definition) is 6. The van der Waals surface area contributed by atoms with Crippen LogP contribution in [0.1, 0.15) is 11.1 Å². The number of ether oxygens (including phenoxy) is 1. The molecule has 0 aliphatic rings. The summed E-state index contributed by atoms with van der Waals surface area (Å²) in [4.78, 5) is 10.1. The Kier molecular flexibility index (Phi) is 5.71. The van der Waals surface area contributed by atoms with Crippen molar-refractivity contribution in [2.45, 2.75) is 18.0 Å². The number of sulfonamides is 1. The Morgan fingerprint density at radius 1 is 1.18 bits per heavy atom. The zero-order chi connectivity index (χ0) is 20.1. The fraction of sp³-hybridized carbons (Fsp3) is 0.167. The van der Waals surface area contributed by atoms with Crippen LogP contribution in [-0.2, 0) is 23.1 Å². The van der Waals surface area contributed by atoms with Gasteiger partial charge >= 0.3 is 0 Å². The summed E-state index contributed by atoms with van der Waals surface area (Å²) >= 11 is 0. The number of nitro benzene ring substituents is 1. The summed E-state index contributed by atoms with van der Waals surface area (Å²) in [6.07, 6.45) is 3.55. The van der Waals surface area contributed by atoms with Gasteiger partial charge in [0, 0.05) is 18.9 Å². The van der Waals surface area contributed by atoms with Gasteiger partial charge in [0.25, 0.3) is 5.69 Å². The number of nitro groups is 1. The van der Waals surface area contributed by atoms with Gasteiger partial charge in [0.1, 0.15) is 5.75 Å². The maximum atomic E-state index is 12.5. The van der Waals surface area contributed by atoms with E-state index >= 15 is 0 Å². The number of hydrogen-bond donors (Lipinski definition) is 1. The van der Waals surface area contributed by atoms with Crippen LogP contribution < -0.4 is 9.46 Å². The molecular formula is C18H18N4O5S.